The van der Waals surface area contributed by atoms with Gasteiger partial charge in [0.25, 0.3) is 0 Å². The maximum absolute atomic E-state index is 12.8. The summed E-state index contributed by atoms with van der Waals surface area (Å²) in [6.45, 7) is 1.35. The van der Waals surface area contributed by atoms with Crippen LogP contribution >= 0.6 is 23.1 Å². The zero-order valence-corrected chi connectivity index (χ0v) is 16.2. The fraction of sp³-hybridized carbons (Fsp3) is 0.238. The molecule has 26 heavy (non-hydrogen) atoms. The molecule has 1 amide bonds. The molecule has 0 spiro atoms. The summed E-state index contributed by atoms with van der Waals surface area (Å²) >= 11 is 3.41. The predicted octanol–water partition coefficient (Wildman–Crippen LogP) is 4.65. The molecule has 3 rings (SSSR count). The number of aromatic nitrogens is 1. The average molecular weight is 383 g/mol. The van der Waals surface area contributed by atoms with Crippen molar-refractivity contribution in [3.63, 3.8) is 0 Å². The van der Waals surface area contributed by atoms with Crippen molar-refractivity contribution < 1.29 is 4.79 Å². The minimum Gasteiger partial charge on any atom is -0.337 e. The van der Waals surface area contributed by atoms with Gasteiger partial charge in [-0.3, -0.25) is 9.78 Å². The van der Waals surface area contributed by atoms with Crippen molar-refractivity contribution in [3.8, 4) is 0 Å². The third kappa shape index (κ3) is 6.00. The van der Waals surface area contributed by atoms with Crippen LogP contribution in [0.4, 0.5) is 0 Å². The van der Waals surface area contributed by atoms with E-state index in [0.29, 0.717) is 12.3 Å². The number of amides is 1. The second-order valence-electron chi connectivity index (χ2n) is 5.98. The van der Waals surface area contributed by atoms with E-state index in [1.54, 1.807) is 29.3 Å². The maximum atomic E-state index is 12.8. The Morgan fingerprint density at radius 3 is 2.62 bits per heavy atom. The van der Waals surface area contributed by atoms with Gasteiger partial charge in [0, 0.05) is 36.1 Å². The zero-order chi connectivity index (χ0) is 18.0. The first-order valence-corrected chi connectivity index (χ1v) is 10.7. The van der Waals surface area contributed by atoms with E-state index in [9.17, 15) is 4.79 Å². The summed E-state index contributed by atoms with van der Waals surface area (Å²) in [6.07, 6.45) is 4.49. The summed E-state index contributed by atoms with van der Waals surface area (Å²) in [6, 6.07) is 18.4. The summed E-state index contributed by atoms with van der Waals surface area (Å²) in [7, 11) is 0. The zero-order valence-electron chi connectivity index (χ0n) is 14.6. The van der Waals surface area contributed by atoms with Crippen LogP contribution in [0.3, 0.4) is 0 Å². The van der Waals surface area contributed by atoms with Gasteiger partial charge in [0.1, 0.15) is 0 Å². The number of pyridine rings is 1. The molecule has 0 fully saturated rings. The Balaban J connectivity index is 1.56. The predicted molar refractivity (Wildman–Crippen MR) is 110 cm³/mol. The highest BCUT2D eigenvalue weighted by Gasteiger charge is 2.14. The molecule has 0 atom stereocenters. The molecule has 3 aromatic rings. The molecule has 0 unspecified atom stereocenters. The van der Waals surface area contributed by atoms with Crippen molar-refractivity contribution in [2.24, 2.45) is 0 Å². The standard InChI is InChI=1S/C21H22N2OS2/c24-21(17-25-16-18-6-2-1-3-7-18)23(12-10-20-9-5-13-26-20)15-19-8-4-11-22-14-19/h1-9,11,13-14H,10,12,15-17H2. The highest BCUT2D eigenvalue weighted by atomic mass is 32.2. The van der Waals surface area contributed by atoms with Crippen molar-refractivity contribution >= 4 is 29.0 Å². The Bertz CT molecular complexity index is 776. The molecule has 1 aromatic carbocycles. The van der Waals surface area contributed by atoms with Gasteiger partial charge in [0.15, 0.2) is 0 Å². The monoisotopic (exact) mass is 382 g/mol. The van der Waals surface area contributed by atoms with Gasteiger partial charge >= 0.3 is 0 Å². The fourth-order valence-corrected chi connectivity index (χ4v) is 4.21. The van der Waals surface area contributed by atoms with Gasteiger partial charge in [-0.15, -0.1) is 23.1 Å². The second kappa shape index (κ2) is 10.1. The van der Waals surface area contributed by atoms with Gasteiger partial charge in [-0.05, 0) is 35.1 Å². The minimum absolute atomic E-state index is 0.186. The van der Waals surface area contributed by atoms with Crippen LogP contribution in [0.15, 0.2) is 72.4 Å². The van der Waals surface area contributed by atoms with Crippen LogP contribution < -0.4 is 0 Å². The molecule has 0 radical (unpaired) electrons. The third-order valence-corrected chi connectivity index (χ3v) is 5.92. The summed E-state index contributed by atoms with van der Waals surface area (Å²) in [5, 5.41) is 2.08. The van der Waals surface area contributed by atoms with Gasteiger partial charge in [0.05, 0.1) is 5.75 Å². The van der Waals surface area contributed by atoms with E-state index in [-0.39, 0.29) is 5.91 Å². The number of rotatable bonds is 9. The number of thioether (sulfide) groups is 1. The van der Waals surface area contributed by atoms with Crippen molar-refractivity contribution in [3.05, 3.63) is 88.4 Å². The van der Waals surface area contributed by atoms with Crippen molar-refractivity contribution in [2.75, 3.05) is 12.3 Å². The molecule has 0 aliphatic rings. The molecule has 0 N–H and O–H groups in total. The fourth-order valence-electron chi connectivity index (χ4n) is 2.63. The topological polar surface area (TPSA) is 33.2 Å². The molecular weight excluding hydrogens is 360 g/mol. The largest absolute Gasteiger partial charge is 0.337 e. The van der Waals surface area contributed by atoms with Crippen LogP contribution in [0.5, 0.6) is 0 Å². The molecule has 2 aromatic heterocycles. The van der Waals surface area contributed by atoms with Crippen molar-refractivity contribution in [1.29, 1.82) is 0 Å². The summed E-state index contributed by atoms with van der Waals surface area (Å²) in [4.78, 5) is 20.2. The summed E-state index contributed by atoms with van der Waals surface area (Å²) < 4.78 is 0. The first kappa shape index (κ1) is 18.7. The minimum atomic E-state index is 0.186. The molecule has 3 nitrogen and oxygen atoms in total. The van der Waals surface area contributed by atoms with Crippen molar-refractivity contribution in [1.82, 2.24) is 9.88 Å². The van der Waals surface area contributed by atoms with Crippen molar-refractivity contribution in [2.45, 2.75) is 18.7 Å². The lowest BCUT2D eigenvalue weighted by Crippen LogP contribution is -2.33. The number of benzene rings is 1. The number of hydrogen-bond donors (Lipinski definition) is 0. The summed E-state index contributed by atoms with van der Waals surface area (Å²) in [5.41, 5.74) is 2.32. The number of carbonyl (C=O) groups is 1. The first-order chi connectivity index (χ1) is 12.8. The SMILES string of the molecule is O=C(CSCc1ccccc1)N(CCc1cccs1)Cc1cccnc1. The Kier molecular flexibility index (Phi) is 7.28. The lowest BCUT2D eigenvalue weighted by atomic mass is 10.2. The number of carbonyl (C=O) groups excluding carboxylic acids is 1. The molecule has 0 bridgehead atoms. The highest BCUT2D eigenvalue weighted by molar-refractivity contribution is 7.99. The third-order valence-electron chi connectivity index (χ3n) is 3.99. The Morgan fingerprint density at radius 1 is 1.04 bits per heavy atom. The molecule has 2 heterocycles. The normalized spacial score (nSPS) is 10.6. The van der Waals surface area contributed by atoms with Crippen LogP contribution in [0, 0.1) is 0 Å². The molecule has 0 aliphatic heterocycles. The van der Waals surface area contributed by atoms with Crippen LogP contribution in [0.2, 0.25) is 0 Å². The van der Waals surface area contributed by atoms with E-state index in [0.717, 1.165) is 24.3 Å². The molecule has 5 heteroatoms. The number of thiophene rings is 1. The van der Waals surface area contributed by atoms with Crippen LogP contribution in [0.1, 0.15) is 16.0 Å². The van der Waals surface area contributed by atoms with Gasteiger partial charge in [-0.1, -0.05) is 42.5 Å². The molecule has 134 valence electrons. The van der Waals surface area contributed by atoms with Gasteiger partial charge in [-0.2, -0.15) is 0 Å². The van der Waals surface area contributed by atoms with Crippen LogP contribution in [-0.2, 0) is 23.5 Å². The lowest BCUT2D eigenvalue weighted by molar-refractivity contribution is -0.128. The van der Waals surface area contributed by atoms with Crippen LogP contribution in [0.25, 0.3) is 0 Å². The van der Waals surface area contributed by atoms with Gasteiger partial charge in [0.2, 0.25) is 5.91 Å². The molecular formula is C21H22N2OS2. The average Bonchev–Trinajstić information content (AvgIpc) is 3.20. The van der Waals surface area contributed by atoms with Crippen LogP contribution in [-0.4, -0.2) is 28.1 Å². The number of hydrogen-bond acceptors (Lipinski definition) is 4. The molecule has 0 saturated carbocycles. The Morgan fingerprint density at radius 2 is 1.88 bits per heavy atom. The van der Waals surface area contributed by atoms with E-state index in [1.807, 2.05) is 41.4 Å². The second-order valence-corrected chi connectivity index (χ2v) is 8.00. The molecule has 0 saturated heterocycles. The number of nitrogens with zero attached hydrogens (tertiary/aromatic N) is 2. The van der Waals surface area contributed by atoms with E-state index in [1.165, 1.54) is 10.4 Å². The lowest BCUT2D eigenvalue weighted by Gasteiger charge is -2.22. The summed E-state index contributed by atoms with van der Waals surface area (Å²) in [5.74, 6) is 1.55. The first-order valence-electron chi connectivity index (χ1n) is 8.62. The molecule has 0 aliphatic carbocycles. The smallest absolute Gasteiger partial charge is 0.232 e. The van der Waals surface area contributed by atoms with E-state index < -0.39 is 0 Å². The Hall–Kier alpha value is -2.11. The van der Waals surface area contributed by atoms with Gasteiger partial charge in [-0.25, -0.2) is 0 Å². The van der Waals surface area contributed by atoms with Gasteiger partial charge < -0.3 is 4.90 Å². The maximum Gasteiger partial charge on any atom is 0.232 e. The van der Waals surface area contributed by atoms with E-state index >= 15 is 0 Å². The quantitative estimate of drug-likeness (QED) is 0.540. The highest BCUT2D eigenvalue weighted by Crippen LogP contribution is 2.15. The van der Waals surface area contributed by atoms with E-state index in [4.69, 9.17) is 0 Å². The van der Waals surface area contributed by atoms with E-state index in [2.05, 4.69) is 34.6 Å². The Labute approximate surface area is 163 Å².